The highest BCUT2D eigenvalue weighted by Crippen LogP contribution is 2.33. The first-order chi connectivity index (χ1) is 29.3. The molecule has 0 radical (unpaired) electrons. The van der Waals surface area contributed by atoms with Gasteiger partial charge in [-0.2, -0.15) is 0 Å². The van der Waals surface area contributed by atoms with Crippen LogP contribution in [0.3, 0.4) is 0 Å². The van der Waals surface area contributed by atoms with Crippen molar-refractivity contribution in [1.29, 1.82) is 0 Å². The van der Waals surface area contributed by atoms with Crippen LogP contribution in [0, 0.1) is 0 Å². The van der Waals surface area contributed by atoms with Crippen molar-refractivity contribution in [1.82, 2.24) is 0 Å². The predicted molar refractivity (Wildman–Crippen MR) is 260 cm³/mol. The second-order valence-corrected chi connectivity index (χ2v) is 18.4. The van der Waals surface area contributed by atoms with Crippen molar-refractivity contribution in [2.45, 2.75) is 291 Å². The topological polar surface area (TPSA) is 47.9 Å². The summed E-state index contributed by atoms with van der Waals surface area (Å²) in [5, 5.41) is 10.2. The Morgan fingerprint density at radius 1 is 0.322 bits per heavy atom. The van der Waals surface area contributed by atoms with Gasteiger partial charge in [0.15, 0.2) is 0 Å². The lowest BCUT2D eigenvalue weighted by Crippen LogP contribution is -2.06. The molecular formula is C55H104O4. The third kappa shape index (κ3) is 37.1. The number of aliphatic hydroxyl groups is 1. The molecule has 0 aromatic heterocycles. The van der Waals surface area contributed by atoms with Gasteiger partial charge < -0.3 is 19.3 Å². The van der Waals surface area contributed by atoms with E-state index in [9.17, 15) is 5.11 Å². The van der Waals surface area contributed by atoms with Crippen molar-refractivity contribution in [3.63, 3.8) is 0 Å². The van der Waals surface area contributed by atoms with E-state index in [0.717, 1.165) is 69.2 Å². The molecule has 1 N–H and O–H groups in total. The van der Waals surface area contributed by atoms with E-state index in [1.165, 1.54) is 243 Å². The van der Waals surface area contributed by atoms with Crippen LogP contribution >= 0.6 is 0 Å². The van der Waals surface area contributed by atoms with Gasteiger partial charge in [-0.3, -0.25) is 0 Å². The molecule has 0 unspecified atom stereocenters. The minimum absolute atomic E-state index is 0.0212. The average molecular weight is 829 g/mol. The van der Waals surface area contributed by atoms with Crippen LogP contribution in [0.4, 0.5) is 0 Å². The fourth-order valence-corrected chi connectivity index (χ4v) is 8.53. The number of hydrogen-bond donors (Lipinski definition) is 1. The Kier molecular flexibility index (Phi) is 43.7. The summed E-state index contributed by atoms with van der Waals surface area (Å²) in [7, 11) is 0. The van der Waals surface area contributed by atoms with Crippen molar-refractivity contribution >= 4 is 0 Å². The summed E-state index contributed by atoms with van der Waals surface area (Å²) in [6.45, 7) is 10.3. The molecule has 0 saturated heterocycles. The number of ether oxygens (including phenoxy) is 3. The van der Waals surface area contributed by atoms with Gasteiger partial charge in [0.1, 0.15) is 11.5 Å². The first-order valence-electron chi connectivity index (χ1n) is 26.9. The van der Waals surface area contributed by atoms with Gasteiger partial charge in [0, 0.05) is 18.8 Å². The molecule has 0 spiro atoms. The fourth-order valence-electron chi connectivity index (χ4n) is 8.53. The molecule has 4 heteroatoms. The summed E-state index contributed by atoms with van der Waals surface area (Å²) >= 11 is 0. The molecule has 0 aliphatic carbocycles. The zero-order valence-corrected chi connectivity index (χ0v) is 40.4. The normalized spacial score (nSPS) is 11.5. The highest BCUT2D eigenvalue weighted by molar-refractivity contribution is 5.48. The highest BCUT2D eigenvalue weighted by Gasteiger charge is 2.14. The number of unbranched alkanes of at least 4 members (excludes halogenated alkanes) is 36. The van der Waals surface area contributed by atoms with Gasteiger partial charge in [-0.1, -0.05) is 245 Å². The van der Waals surface area contributed by atoms with E-state index in [2.05, 4.69) is 32.9 Å². The molecule has 0 bridgehead atoms. The Morgan fingerprint density at radius 2 is 0.576 bits per heavy atom. The summed E-state index contributed by atoms with van der Waals surface area (Å²) < 4.78 is 19.0. The van der Waals surface area contributed by atoms with E-state index in [1.807, 2.05) is 0 Å². The molecule has 1 rings (SSSR count). The largest absolute Gasteiger partial charge is 0.493 e. The molecule has 0 aliphatic rings. The van der Waals surface area contributed by atoms with E-state index < -0.39 is 0 Å². The minimum atomic E-state index is 0.0212. The molecule has 0 amide bonds. The number of aliphatic hydroxyl groups excluding tert-OH is 1. The van der Waals surface area contributed by atoms with E-state index >= 15 is 0 Å². The van der Waals surface area contributed by atoms with E-state index in [4.69, 9.17) is 14.2 Å². The summed E-state index contributed by atoms with van der Waals surface area (Å²) in [5.74, 6) is 1.90. The summed E-state index contributed by atoms with van der Waals surface area (Å²) in [6.07, 6.45) is 54.6. The lowest BCUT2D eigenvalue weighted by atomic mass is 10.0. The van der Waals surface area contributed by atoms with Crippen LogP contribution in [0.25, 0.3) is 0 Å². The third-order valence-corrected chi connectivity index (χ3v) is 12.5. The second kappa shape index (κ2) is 46.2. The van der Waals surface area contributed by atoms with Gasteiger partial charge in [0.05, 0.1) is 19.8 Å². The molecule has 1 aromatic rings. The standard InChI is InChI=1S/C55H104O4/c1-4-7-10-13-16-18-20-22-24-26-28-31-37-42-47-58-54-49-52(51-56)50-55(59-48-43-38-32-29-27-25-23-21-19-17-14-11-8-5-2)53(54)44-39-34-30-33-36-41-46-57-45-40-35-15-12-9-6-3/h49-50,56H,4-48,51H2,1-3H3. The molecular weight excluding hydrogens is 725 g/mol. The molecule has 59 heavy (non-hydrogen) atoms. The molecule has 0 saturated carbocycles. The van der Waals surface area contributed by atoms with E-state index in [-0.39, 0.29) is 6.61 Å². The first kappa shape index (κ1) is 55.8. The maximum Gasteiger partial charge on any atom is 0.126 e. The van der Waals surface area contributed by atoms with Crippen LogP contribution < -0.4 is 9.47 Å². The fraction of sp³-hybridized carbons (Fsp3) is 0.891. The van der Waals surface area contributed by atoms with E-state index in [1.54, 1.807) is 0 Å². The van der Waals surface area contributed by atoms with Crippen molar-refractivity contribution in [2.75, 3.05) is 26.4 Å². The van der Waals surface area contributed by atoms with Crippen LogP contribution in [0.15, 0.2) is 12.1 Å². The number of rotatable bonds is 49. The summed E-state index contributed by atoms with van der Waals surface area (Å²) in [4.78, 5) is 0. The van der Waals surface area contributed by atoms with Gasteiger partial charge in [-0.25, -0.2) is 0 Å². The molecule has 0 aliphatic heterocycles. The monoisotopic (exact) mass is 829 g/mol. The maximum atomic E-state index is 10.2. The average Bonchev–Trinajstić information content (AvgIpc) is 3.25. The van der Waals surface area contributed by atoms with Crippen LogP contribution in [-0.4, -0.2) is 31.5 Å². The third-order valence-electron chi connectivity index (χ3n) is 12.5. The summed E-state index contributed by atoms with van der Waals surface area (Å²) in [6, 6.07) is 4.17. The molecule has 0 fully saturated rings. The van der Waals surface area contributed by atoms with Crippen LogP contribution in [0.5, 0.6) is 11.5 Å². The van der Waals surface area contributed by atoms with Gasteiger partial charge in [0.25, 0.3) is 0 Å². The van der Waals surface area contributed by atoms with Crippen LogP contribution in [-0.2, 0) is 17.8 Å². The quantitative estimate of drug-likeness (QED) is 0.0665. The van der Waals surface area contributed by atoms with Crippen LogP contribution in [0.2, 0.25) is 0 Å². The van der Waals surface area contributed by atoms with Crippen molar-refractivity contribution in [2.24, 2.45) is 0 Å². The summed E-state index contributed by atoms with van der Waals surface area (Å²) in [5.41, 5.74) is 2.13. The molecule has 1 aromatic carbocycles. The predicted octanol–water partition coefficient (Wildman–Crippen LogP) is 18.2. The molecule has 348 valence electrons. The second-order valence-electron chi connectivity index (χ2n) is 18.4. The Hall–Kier alpha value is -1.26. The van der Waals surface area contributed by atoms with Crippen molar-refractivity contribution < 1.29 is 19.3 Å². The van der Waals surface area contributed by atoms with Crippen molar-refractivity contribution in [3.8, 4) is 11.5 Å². The molecule has 4 nitrogen and oxygen atoms in total. The Labute approximate surface area is 369 Å². The minimum Gasteiger partial charge on any atom is -0.493 e. The van der Waals surface area contributed by atoms with Gasteiger partial charge in [-0.05, 0) is 56.2 Å². The van der Waals surface area contributed by atoms with Gasteiger partial charge in [-0.15, -0.1) is 0 Å². The van der Waals surface area contributed by atoms with Gasteiger partial charge in [0.2, 0.25) is 0 Å². The van der Waals surface area contributed by atoms with Gasteiger partial charge >= 0.3 is 0 Å². The molecule has 0 heterocycles. The smallest absolute Gasteiger partial charge is 0.126 e. The first-order valence-corrected chi connectivity index (χ1v) is 26.9. The Balaban J connectivity index is 2.44. The molecule has 0 atom stereocenters. The van der Waals surface area contributed by atoms with Crippen molar-refractivity contribution in [3.05, 3.63) is 23.3 Å². The highest BCUT2D eigenvalue weighted by atomic mass is 16.5. The zero-order valence-electron chi connectivity index (χ0n) is 40.4. The number of benzene rings is 1. The van der Waals surface area contributed by atoms with Crippen LogP contribution in [0.1, 0.15) is 289 Å². The zero-order chi connectivity index (χ0) is 42.4. The lowest BCUT2D eigenvalue weighted by molar-refractivity contribution is 0.125. The SMILES string of the molecule is CCCCCCCCCCCCCCCCOc1cc(CO)cc(OCCCCCCCCCCCCCCCC)c1CCCCCCCCOCCCCCCCC. The Morgan fingerprint density at radius 3 is 0.864 bits per heavy atom. The Bertz CT molecular complexity index is 907. The number of hydrogen-bond acceptors (Lipinski definition) is 4. The van der Waals surface area contributed by atoms with E-state index in [0.29, 0.717) is 0 Å². The lowest BCUT2D eigenvalue weighted by Gasteiger charge is -2.18. The maximum absolute atomic E-state index is 10.2.